The largest absolute Gasteiger partial charge is 0.252 e. The number of aromatic nitrogens is 3. The molecule has 1 heterocycles. The zero-order valence-corrected chi connectivity index (χ0v) is 12.7. The van der Waals surface area contributed by atoms with Crippen LogP contribution in [0.15, 0.2) is 30.6 Å². The van der Waals surface area contributed by atoms with E-state index in [1.54, 1.807) is 38.2 Å². The van der Waals surface area contributed by atoms with Crippen molar-refractivity contribution in [3.63, 3.8) is 0 Å². The van der Waals surface area contributed by atoms with Gasteiger partial charge in [0.15, 0.2) is 0 Å². The average Bonchev–Trinajstić information content (AvgIpc) is 2.74. The molecule has 0 amide bonds. The van der Waals surface area contributed by atoms with Crippen LogP contribution in [-0.4, -0.2) is 23.2 Å². The predicted molar refractivity (Wildman–Crippen MR) is 76.6 cm³/mol. The molecule has 0 aliphatic heterocycles. The van der Waals surface area contributed by atoms with Gasteiger partial charge in [-0.1, -0.05) is 23.7 Å². The fourth-order valence-electron chi connectivity index (χ4n) is 1.91. The molecular weight excluding hydrogens is 300 g/mol. The first-order chi connectivity index (χ1) is 9.37. The number of sulfonamides is 1. The fourth-order valence-corrected chi connectivity index (χ4v) is 3.47. The summed E-state index contributed by atoms with van der Waals surface area (Å²) in [5.74, 6) is 0.426. The van der Waals surface area contributed by atoms with Gasteiger partial charge in [0.25, 0.3) is 0 Å². The van der Waals surface area contributed by atoms with E-state index >= 15 is 0 Å². The van der Waals surface area contributed by atoms with Crippen molar-refractivity contribution in [2.75, 3.05) is 0 Å². The molecule has 0 aliphatic rings. The third-order valence-corrected chi connectivity index (χ3v) is 4.40. The molecule has 6 nitrogen and oxygen atoms in total. The number of hydrogen-bond acceptors (Lipinski definition) is 4. The molecule has 20 heavy (non-hydrogen) atoms. The van der Waals surface area contributed by atoms with Gasteiger partial charge in [-0.2, -0.15) is 5.10 Å². The van der Waals surface area contributed by atoms with E-state index in [9.17, 15) is 8.42 Å². The maximum atomic E-state index is 12.1. The van der Waals surface area contributed by atoms with E-state index in [1.807, 2.05) is 0 Å². The summed E-state index contributed by atoms with van der Waals surface area (Å²) < 4.78 is 28.3. The zero-order chi connectivity index (χ0) is 14.8. The number of nitrogens with one attached hydrogen (secondary N) is 1. The van der Waals surface area contributed by atoms with Crippen molar-refractivity contribution < 1.29 is 8.42 Å². The van der Waals surface area contributed by atoms with Gasteiger partial charge in [0.2, 0.25) is 10.0 Å². The van der Waals surface area contributed by atoms with Gasteiger partial charge >= 0.3 is 0 Å². The lowest BCUT2D eigenvalue weighted by molar-refractivity contribution is 0.547. The van der Waals surface area contributed by atoms with E-state index < -0.39 is 16.1 Å². The van der Waals surface area contributed by atoms with Gasteiger partial charge in [-0.25, -0.2) is 18.1 Å². The quantitative estimate of drug-likeness (QED) is 0.910. The minimum Gasteiger partial charge on any atom is -0.252 e. The second kappa shape index (κ2) is 5.90. The molecule has 0 fully saturated rings. The second-order valence-corrected chi connectivity index (χ2v) is 6.66. The lowest BCUT2D eigenvalue weighted by Gasteiger charge is -2.13. The van der Waals surface area contributed by atoms with Crippen molar-refractivity contribution in [2.24, 2.45) is 7.05 Å². The Bertz CT molecular complexity index is 699. The first-order valence-corrected chi connectivity index (χ1v) is 7.99. The van der Waals surface area contributed by atoms with Gasteiger partial charge in [0.05, 0.1) is 11.8 Å². The van der Waals surface area contributed by atoms with Gasteiger partial charge < -0.3 is 0 Å². The van der Waals surface area contributed by atoms with E-state index in [2.05, 4.69) is 14.8 Å². The van der Waals surface area contributed by atoms with Crippen molar-refractivity contribution in [3.8, 4) is 0 Å². The van der Waals surface area contributed by atoms with Gasteiger partial charge in [-0.05, 0) is 24.6 Å². The molecule has 2 rings (SSSR count). The van der Waals surface area contributed by atoms with Crippen LogP contribution in [0.4, 0.5) is 0 Å². The molecular formula is C12H15ClN4O2S. The Hall–Kier alpha value is -1.44. The Morgan fingerprint density at radius 3 is 2.80 bits per heavy atom. The maximum absolute atomic E-state index is 12.1. The molecule has 1 unspecified atom stereocenters. The number of nitrogens with zero attached hydrogens (tertiary/aromatic N) is 3. The molecule has 108 valence electrons. The summed E-state index contributed by atoms with van der Waals surface area (Å²) in [5.41, 5.74) is 0.634. The zero-order valence-electron chi connectivity index (χ0n) is 11.1. The number of hydrogen-bond donors (Lipinski definition) is 1. The van der Waals surface area contributed by atoms with Crippen LogP contribution in [-0.2, 0) is 22.8 Å². The molecule has 0 aliphatic carbocycles. The third kappa shape index (κ3) is 3.78. The number of aryl methyl sites for hydroxylation is 1. The summed E-state index contributed by atoms with van der Waals surface area (Å²) in [5, 5.41) is 4.43. The van der Waals surface area contributed by atoms with Crippen LogP contribution in [0.3, 0.4) is 0 Å². The first kappa shape index (κ1) is 15.0. The van der Waals surface area contributed by atoms with E-state index in [0.717, 1.165) is 0 Å². The van der Waals surface area contributed by atoms with E-state index in [-0.39, 0.29) is 5.75 Å². The Morgan fingerprint density at radius 2 is 2.20 bits per heavy atom. The van der Waals surface area contributed by atoms with E-state index in [0.29, 0.717) is 16.4 Å². The summed E-state index contributed by atoms with van der Waals surface area (Å²) in [7, 11) is -1.77. The standard InChI is InChI=1S/C12H15ClN4O2S/c1-9(12-14-8-15-17(12)2)16-20(18,19)7-10-4-3-5-11(13)6-10/h3-6,8-9,16H,7H2,1-2H3. The van der Waals surface area contributed by atoms with Crippen LogP contribution in [0.2, 0.25) is 5.02 Å². The third-order valence-electron chi connectivity index (χ3n) is 2.74. The van der Waals surface area contributed by atoms with Gasteiger partial charge in [-0.15, -0.1) is 0 Å². The predicted octanol–water partition coefficient (Wildman–Crippen LogP) is 1.65. The lowest BCUT2D eigenvalue weighted by Crippen LogP contribution is -2.29. The number of benzene rings is 1. The molecule has 1 aromatic heterocycles. The highest BCUT2D eigenvalue weighted by atomic mass is 35.5. The van der Waals surface area contributed by atoms with Gasteiger partial charge in [0, 0.05) is 12.1 Å². The summed E-state index contributed by atoms with van der Waals surface area (Å²) in [4.78, 5) is 4.02. The summed E-state index contributed by atoms with van der Waals surface area (Å²) >= 11 is 5.84. The molecule has 0 bridgehead atoms. The number of halogens is 1. The SMILES string of the molecule is CC(NS(=O)(=O)Cc1cccc(Cl)c1)c1ncnn1C. The molecule has 0 saturated carbocycles. The van der Waals surface area contributed by atoms with Crippen molar-refractivity contribution in [1.82, 2.24) is 19.5 Å². The summed E-state index contributed by atoms with van der Waals surface area (Å²) in [6, 6.07) is 6.32. The Morgan fingerprint density at radius 1 is 1.45 bits per heavy atom. The topological polar surface area (TPSA) is 76.9 Å². The normalized spacial score (nSPS) is 13.3. The maximum Gasteiger partial charge on any atom is 0.216 e. The van der Waals surface area contributed by atoms with Gasteiger partial charge in [-0.3, -0.25) is 4.68 Å². The molecule has 8 heteroatoms. The van der Waals surface area contributed by atoms with Crippen LogP contribution < -0.4 is 4.72 Å². The van der Waals surface area contributed by atoms with Crippen molar-refractivity contribution in [1.29, 1.82) is 0 Å². The van der Waals surface area contributed by atoms with Crippen molar-refractivity contribution >= 4 is 21.6 Å². The van der Waals surface area contributed by atoms with Crippen molar-refractivity contribution in [3.05, 3.63) is 47.0 Å². The minimum absolute atomic E-state index is 0.129. The minimum atomic E-state index is -3.48. The molecule has 1 N–H and O–H groups in total. The summed E-state index contributed by atoms with van der Waals surface area (Å²) in [6.45, 7) is 1.72. The Balaban J connectivity index is 2.10. The van der Waals surface area contributed by atoms with Crippen LogP contribution in [0.5, 0.6) is 0 Å². The first-order valence-electron chi connectivity index (χ1n) is 5.96. The fraction of sp³-hybridized carbons (Fsp3) is 0.333. The van der Waals surface area contributed by atoms with Crippen LogP contribution in [0, 0.1) is 0 Å². The second-order valence-electron chi connectivity index (χ2n) is 4.47. The number of rotatable bonds is 5. The van der Waals surface area contributed by atoms with Crippen LogP contribution >= 0.6 is 11.6 Å². The Labute approximate surface area is 122 Å². The smallest absolute Gasteiger partial charge is 0.216 e. The highest BCUT2D eigenvalue weighted by Gasteiger charge is 2.19. The average molecular weight is 315 g/mol. The van der Waals surface area contributed by atoms with Crippen molar-refractivity contribution in [2.45, 2.75) is 18.7 Å². The molecule has 1 atom stereocenters. The molecule has 0 saturated heterocycles. The summed E-state index contributed by atoms with van der Waals surface area (Å²) in [6.07, 6.45) is 1.39. The van der Waals surface area contributed by atoms with E-state index in [4.69, 9.17) is 11.6 Å². The van der Waals surface area contributed by atoms with Gasteiger partial charge in [0.1, 0.15) is 12.2 Å². The lowest BCUT2D eigenvalue weighted by atomic mass is 10.2. The molecule has 1 aromatic carbocycles. The van der Waals surface area contributed by atoms with Crippen LogP contribution in [0.25, 0.3) is 0 Å². The Kier molecular flexibility index (Phi) is 4.42. The monoisotopic (exact) mass is 314 g/mol. The molecule has 0 radical (unpaired) electrons. The highest BCUT2D eigenvalue weighted by Crippen LogP contribution is 2.15. The highest BCUT2D eigenvalue weighted by molar-refractivity contribution is 7.88. The molecule has 2 aromatic rings. The van der Waals surface area contributed by atoms with Crippen LogP contribution in [0.1, 0.15) is 24.4 Å². The van der Waals surface area contributed by atoms with E-state index in [1.165, 1.54) is 11.0 Å². The molecule has 0 spiro atoms.